The van der Waals surface area contributed by atoms with Gasteiger partial charge < -0.3 is 24.9 Å². The standard InChI is InChI=1S/C29H56N2O5/c1-3-35-25-26-36-24-23-31-29(34)21-18-22-30-28(33)20-17-15-13-11-9-7-5-4-6-8-10-12-14-16-19-27(2)32/h3-26H2,1-2H3,(H,30,33)(H,31,34). The van der Waals surface area contributed by atoms with Crippen molar-refractivity contribution in [2.75, 3.05) is 39.5 Å². The highest BCUT2D eigenvalue weighted by Gasteiger charge is 2.03. The molecule has 0 atom stereocenters. The summed E-state index contributed by atoms with van der Waals surface area (Å²) in [5.74, 6) is 0.407. The molecule has 7 heteroatoms. The number of hydrogen-bond donors (Lipinski definition) is 2. The summed E-state index contributed by atoms with van der Waals surface area (Å²) in [6.45, 7) is 6.98. The lowest BCUT2D eigenvalue weighted by Gasteiger charge is -2.07. The lowest BCUT2D eigenvalue weighted by atomic mass is 10.0. The van der Waals surface area contributed by atoms with Crippen molar-refractivity contribution in [3.8, 4) is 0 Å². The van der Waals surface area contributed by atoms with Crippen LogP contribution >= 0.6 is 0 Å². The van der Waals surface area contributed by atoms with Gasteiger partial charge in [0, 0.05) is 39.0 Å². The van der Waals surface area contributed by atoms with Crippen molar-refractivity contribution < 1.29 is 23.9 Å². The topological polar surface area (TPSA) is 93.7 Å². The first-order chi connectivity index (χ1) is 17.6. The summed E-state index contributed by atoms with van der Waals surface area (Å²) in [4.78, 5) is 34.6. The average Bonchev–Trinajstić information content (AvgIpc) is 2.85. The van der Waals surface area contributed by atoms with E-state index in [1.807, 2.05) is 6.92 Å². The maximum Gasteiger partial charge on any atom is 0.220 e. The Morgan fingerprint density at radius 2 is 0.917 bits per heavy atom. The van der Waals surface area contributed by atoms with E-state index >= 15 is 0 Å². The molecule has 36 heavy (non-hydrogen) atoms. The van der Waals surface area contributed by atoms with Crippen LogP contribution < -0.4 is 10.6 Å². The number of carbonyl (C=O) groups is 3. The Morgan fingerprint density at radius 1 is 0.500 bits per heavy atom. The summed E-state index contributed by atoms with van der Waals surface area (Å²) in [6, 6.07) is 0. The highest BCUT2D eigenvalue weighted by atomic mass is 16.5. The van der Waals surface area contributed by atoms with Crippen LogP contribution in [0.3, 0.4) is 0 Å². The minimum atomic E-state index is -0.00452. The maximum absolute atomic E-state index is 11.9. The summed E-state index contributed by atoms with van der Waals surface area (Å²) in [5, 5.41) is 5.74. The molecule has 0 saturated heterocycles. The molecule has 0 rings (SSSR count). The summed E-state index contributed by atoms with van der Waals surface area (Å²) in [6.07, 6.45) is 19.8. The average molecular weight is 513 g/mol. The van der Waals surface area contributed by atoms with Crippen LogP contribution in [-0.4, -0.2) is 57.1 Å². The minimum Gasteiger partial charge on any atom is -0.379 e. The van der Waals surface area contributed by atoms with E-state index in [2.05, 4.69) is 10.6 Å². The van der Waals surface area contributed by atoms with E-state index in [1.165, 1.54) is 70.6 Å². The molecular weight excluding hydrogens is 456 g/mol. The van der Waals surface area contributed by atoms with Gasteiger partial charge in [-0.15, -0.1) is 0 Å². The molecule has 0 aromatic carbocycles. The summed E-state index contributed by atoms with van der Waals surface area (Å²) in [7, 11) is 0. The molecule has 0 aliphatic carbocycles. The Kier molecular flexibility index (Phi) is 27.0. The number of Topliss-reactive ketones (excluding diaryl/α,β-unsaturated/α-hetero) is 1. The van der Waals surface area contributed by atoms with Crippen LogP contribution in [0, 0.1) is 0 Å². The lowest BCUT2D eigenvalue weighted by Crippen LogP contribution is -2.29. The number of ketones is 1. The molecule has 0 bridgehead atoms. The van der Waals surface area contributed by atoms with Crippen LogP contribution in [0.1, 0.15) is 129 Å². The molecule has 0 fully saturated rings. The Balaban J connectivity index is 3.26. The number of carbonyl (C=O) groups excluding carboxylic acids is 3. The van der Waals surface area contributed by atoms with Crippen molar-refractivity contribution in [2.45, 2.75) is 129 Å². The van der Waals surface area contributed by atoms with Gasteiger partial charge in [0.15, 0.2) is 0 Å². The Morgan fingerprint density at radius 3 is 1.42 bits per heavy atom. The third-order valence-electron chi connectivity index (χ3n) is 6.23. The van der Waals surface area contributed by atoms with Gasteiger partial charge in [-0.1, -0.05) is 77.0 Å². The molecule has 0 aromatic heterocycles. The summed E-state index contributed by atoms with van der Waals surface area (Å²) < 4.78 is 10.5. The molecule has 2 N–H and O–H groups in total. The molecule has 0 aliphatic heterocycles. The third-order valence-corrected chi connectivity index (χ3v) is 6.23. The van der Waals surface area contributed by atoms with Gasteiger partial charge in [0.1, 0.15) is 5.78 Å². The lowest BCUT2D eigenvalue weighted by molar-refractivity contribution is -0.123. The molecule has 2 amide bonds. The second-order valence-corrected chi connectivity index (χ2v) is 9.76. The van der Waals surface area contributed by atoms with Crippen LogP contribution in [0.5, 0.6) is 0 Å². The van der Waals surface area contributed by atoms with Crippen LogP contribution in [-0.2, 0) is 23.9 Å². The highest BCUT2D eigenvalue weighted by molar-refractivity contribution is 5.77. The molecular formula is C29H56N2O5. The number of unbranched alkanes of at least 4 members (excludes halogenated alkanes) is 13. The molecule has 7 nitrogen and oxygen atoms in total. The number of ether oxygens (including phenoxy) is 2. The van der Waals surface area contributed by atoms with Gasteiger partial charge in [-0.05, 0) is 33.1 Å². The second kappa shape index (κ2) is 28.1. The van der Waals surface area contributed by atoms with Gasteiger partial charge in [-0.3, -0.25) is 9.59 Å². The van der Waals surface area contributed by atoms with Gasteiger partial charge in [0.2, 0.25) is 11.8 Å². The molecule has 0 spiro atoms. The van der Waals surface area contributed by atoms with Gasteiger partial charge >= 0.3 is 0 Å². The first kappa shape index (κ1) is 34.5. The number of amides is 2. The number of nitrogens with one attached hydrogen (secondary N) is 2. The summed E-state index contributed by atoms with van der Waals surface area (Å²) >= 11 is 0. The van der Waals surface area contributed by atoms with Crippen LogP contribution in [0.4, 0.5) is 0 Å². The maximum atomic E-state index is 11.9. The van der Waals surface area contributed by atoms with E-state index in [0.29, 0.717) is 64.6 Å². The monoisotopic (exact) mass is 512 g/mol. The fourth-order valence-corrected chi connectivity index (χ4v) is 4.06. The van der Waals surface area contributed by atoms with E-state index in [1.54, 1.807) is 6.92 Å². The largest absolute Gasteiger partial charge is 0.379 e. The smallest absolute Gasteiger partial charge is 0.220 e. The Labute approximate surface area is 221 Å². The zero-order chi connectivity index (χ0) is 26.5. The fraction of sp³-hybridized carbons (Fsp3) is 0.897. The van der Waals surface area contributed by atoms with E-state index in [-0.39, 0.29) is 11.8 Å². The first-order valence-corrected chi connectivity index (χ1v) is 14.7. The second-order valence-electron chi connectivity index (χ2n) is 9.76. The molecule has 0 heterocycles. The van der Waals surface area contributed by atoms with Crippen LogP contribution in [0.15, 0.2) is 0 Å². The SMILES string of the molecule is CCOCCOCCNC(=O)CCCNC(=O)CCCCCCCCCCCCCCCCC(C)=O. The van der Waals surface area contributed by atoms with Gasteiger partial charge in [0.05, 0.1) is 19.8 Å². The van der Waals surface area contributed by atoms with Crippen molar-refractivity contribution in [1.29, 1.82) is 0 Å². The van der Waals surface area contributed by atoms with E-state index < -0.39 is 0 Å². The zero-order valence-electron chi connectivity index (χ0n) is 23.5. The van der Waals surface area contributed by atoms with Gasteiger partial charge in [-0.2, -0.15) is 0 Å². The predicted molar refractivity (Wildman–Crippen MR) is 147 cm³/mol. The molecule has 212 valence electrons. The van der Waals surface area contributed by atoms with Crippen molar-refractivity contribution in [3.63, 3.8) is 0 Å². The van der Waals surface area contributed by atoms with Crippen molar-refractivity contribution in [3.05, 3.63) is 0 Å². The van der Waals surface area contributed by atoms with E-state index in [4.69, 9.17) is 9.47 Å². The van der Waals surface area contributed by atoms with Crippen molar-refractivity contribution in [2.24, 2.45) is 0 Å². The number of hydrogen-bond acceptors (Lipinski definition) is 5. The molecule has 0 radical (unpaired) electrons. The van der Waals surface area contributed by atoms with Gasteiger partial charge in [-0.25, -0.2) is 0 Å². The Bertz CT molecular complexity index is 528. The normalized spacial score (nSPS) is 10.9. The van der Waals surface area contributed by atoms with Gasteiger partial charge in [0.25, 0.3) is 0 Å². The van der Waals surface area contributed by atoms with Crippen molar-refractivity contribution in [1.82, 2.24) is 10.6 Å². The predicted octanol–water partition coefficient (Wildman–Crippen LogP) is 5.88. The highest BCUT2D eigenvalue weighted by Crippen LogP contribution is 2.13. The molecule has 0 aliphatic rings. The first-order valence-electron chi connectivity index (χ1n) is 14.7. The molecule has 0 unspecified atom stereocenters. The minimum absolute atomic E-state index is 0.00452. The van der Waals surface area contributed by atoms with E-state index in [9.17, 15) is 14.4 Å². The van der Waals surface area contributed by atoms with Crippen LogP contribution in [0.25, 0.3) is 0 Å². The third kappa shape index (κ3) is 28.8. The molecule has 0 aromatic rings. The van der Waals surface area contributed by atoms with Crippen molar-refractivity contribution >= 4 is 17.6 Å². The quantitative estimate of drug-likeness (QED) is 0.128. The summed E-state index contributed by atoms with van der Waals surface area (Å²) in [5.41, 5.74) is 0. The molecule has 0 saturated carbocycles. The fourth-order valence-electron chi connectivity index (χ4n) is 4.06. The van der Waals surface area contributed by atoms with Crippen LogP contribution in [0.2, 0.25) is 0 Å². The number of rotatable bonds is 28. The van der Waals surface area contributed by atoms with E-state index in [0.717, 1.165) is 25.7 Å². The Hall–Kier alpha value is -1.47. The zero-order valence-corrected chi connectivity index (χ0v) is 23.5.